The second-order valence-electron chi connectivity index (χ2n) is 25.0. The van der Waals surface area contributed by atoms with Crippen molar-refractivity contribution in [3.8, 4) is 0 Å². The molecule has 0 aromatic rings. The predicted octanol–water partition coefficient (Wildman–Crippen LogP) is 24.2. The summed E-state index contributed by atoms with van der Waals surface area (Å²) in [6.07, 6.45) is 88.9. The lowest BCUT2D eigenvalue weighted by atomic mass is 10.0. The number of hydrogen-bond acceptors (Lipinski definition) is 3. The highest BCUT2D eigenvalue weighted by Crippen LogP contribution is 2.20. The van der Waals surface area contributed by atoms with E-state index in [1.807, 2.05) is 0 Å². The van der Waals surface area contributed by atoms with Crippen LogP contribution in [0.3, 0.4) is 0 Å². The normalized spacial score (nSPS) is 12.5. The molecule has 4 nitrogen and oxygen atoms in total. The van der Waals surface area contributed by atoms with Crippen LogP contribution < -0.4 is 5.32 Å². The number of nitrogens with one attached hydrogen (secondary N) is 1. The quantitative estimate of drug-likeness (QED) is 0.0532. The number of carbonyl (C=O) groups is 1. The van der Waals surface area contributed by atoms with Crippen LogP contribution in [0.5, 0.6) is 0 Å². The molecule has 75 heavy (non-hydrogen) atoms. The van der Waals surface area contributed by atoms with E-state index in [1.165, 1.54) is 379 Å². The minimum absolute atomic E-state index is 0.0191. The molecule has 0 saturated heterocycles. The molecule has 0 aliphatic rings. The summed E-state index contributed by atoms with van der Waals surface area (Å²) in [5.41, 5.74) is 0. The van der Waals surface area contributed by atoms with Gasteiger partial charge in [-0.2, -0.15) is 0 Å². The Morgan fingerprint density at radius 1 is 0.267 bits per heavy atom. The highest BCUT2D eigenvalue weighted by atomic mass is 16.3. The van der Waals surface area contributed by atoms with Crippen molar-refractivity contribution in [2.24, 2.45) is 0 Å². The van der Waals surface area contributed by atoms with Gasteiger partial charge in [-0.25, -0.2) is 0 Å². The molecule has 450 valence electrons. The molecule has 0 spiro atoms. The van der Waals surface area contributed by atoms with E-state index < -0.39 is 12.1 Å². The minimum atomic E-state index is -0.656. The summed E-state index contributed by atoms with van der Waals surface area (Å²) in [5.74, 6) is -0.0191. The molecule has 2 unspecified atom stereocenters. The monoisotopic (exact) mass is 1060 g/mol. The van der Waals surface area contributed by atoms with Crippen LogP contribution in [0.4, 0.5) is 0 Å². The minimum Gasteiger partial charge on any atom is -0.394 e. The molecule has 0 fully saturated rings. The highest BCUT2D eigenvalue weighted by Gasteiger charge is 2.20. The zero-order valence-corrected chi connectivity index (χ0v) is 52.1. The first kappa shape index (κ1) is 74.4. The van der Waals surface area contributed by atoms with Gasteiger partial charge in [-0.1, -0.05) is 412 Å². The second kappa shape index (κ2) is 67.7. The van der Waals surface area contributed by atoms with Crippen molar-refractivity contribution in [2.75, 3.05) is 6.61 Å². The SMILES string of the molecule is CCCCCCCCCCCCCCCCCCCCCCCCCCCCCCCCCCCCCCCCC(=O)NC(CO)C(O)CCCCCCCCCCCCCCCCCCCCCCCCCCC. The molecule has 0 aromatic carbocycles. The van der Waals surface area contributed by atoms with Gasteiger partial charge in [0.15, 0.2) is 0 Å². The Bertz CT molecular complexity index is 1020. The maximum absolute atomic E-state index is 12.6. The Labute approximate surface area is 474 Å². The molecular formula is C71H143NO3. The van der Waals surface area contributed by atoms with E-state index in [4.69, 9.17) is 0 Å². The maximum atomic E-state index is 12.6. The van der Waals surface area contributed by atoms with Crippen molar-refractivity contribution < 1.29 is 15.0 Å². The van der Waals surface area contributed by atoms with Gasteiger partial charge in [-0.15, -0.1) is 0 Å². The second-order valence-corrected chi connectivity index (χ2v) is 25.0. The van der Waals surface area contributed by atoms with Crippen LogP contribution in [0.1, 0.15) is 431 Å². The number of aliphatic hydroxyl groups excluding tert-OH is 2. The fourth-order valence-electron chi connectivity index (χ4n) is 12.0. The summed E-state index contributed by atoms with van der Waals surface area (Å²) in [4.78, 5) is 12.6. The molecule has 0 radical (unpaired) electrons. The van der Waals surface area contributed by atoms with Gasteiger partial charge >= 0.3 is 0 Å². The number of aliphatic hydroxyl groups is 2. The van der Waals surface area contributed by atoms with E-state index in [1.54, 1.807) is 0 Å². The highest BCUT2D eigenvalue weighted by molar-refractivity contribution is 5.76. The smallest absolute Gasteiger partial charge is 0.220 e. The molecule has 0 aliphatic heterocycles. The number of hydrogen-bond donors (Lipinski definition) is 3. The molecule has 0 aromatic heterocycles. The average molecular weight is 1060 g/mol. The van der Waals surface area contributed by atoms with E-state index in [-0.39, 0.29) is 12.5 Å². The third-order valence-electron chi connectivity index (χ3n) is 17.4. The van der Waals surface area contributed by atoms with Crippen LogP contribution >= 0.6 is 0 Å². The molecule has 0 saturated carbocycles. The van der Waals surface area contributed by atoms with Crippen molar-refractivity contribution >= 4 is 5.91 Å². The molecule has 0 rings (SSSR count). The van der Waals surface area contributed by atoms with Crippen LogP contribution in [-0.4, -0.2) is 34.9 Å². The molecule has 0 bridgehead atoms. The van der Waals surface area contributed by atoms with E-state index >= 15 is 0 Å². The number of amides is 1. The standard InChI is InChI=1S/C71H143NO3/c1-3-5-7-9-11-13-15-17-19-21-23-25-27-29-30-31-32-33-34-35-36-37-38-39-40-41-43-45-47-49-51-53-55-57-59-61-63-65-67-71(75)72-69(68-73)70(74)66-64-62-60-58-56-54-52-50-48-46-44-42-28-26-24-22-20-18-16-14-12-10-8-6-4-2/h69-70,73-74H,3-68H2,1-2H3,(H,72,75). The Morgan fingerprint density at radius 3 is 0.600 bits per heavy atom. The first-order valence-electron chi connectivity index (χ1n) is 35.7. The number of rotatable bonds is 68. The summed E-state index contributed by atoms with van der Waals surface area (Å²) in [7, 11) is 0. The topological polar surface area (TPSA) is 69.6 Å². The van der Waals surface area contributed by atoms with Gasteiger partial charge in [0, 0.05) is 6.42 Å². The molecular weight excluding hydrogens is 915 g/mol. The van der Waals surface area contributed by atoms with Crippen molar-refractivity contribution in [2.45, 2.75) is 443 Å². The zero-order valence-electron chi connectivity index (χ0n) is 52.1. The van der Waals surface area contributed by atoms with Crippen molar-refractivity contribution in [1.82, 2.24) is 5.32 Å². The zero-order chi connectivity index (χ0) is 54.1. The van der Waals surface area contributed by atoms with Gasteiger partial charge in [-0.3, -0.25) is 4.79 Å². The Hall–Kier alpha value is -0.610. The Balaban J connectivity index is 3.33. The van der Waals surface area contributed by atoms with Crippen LogP contribution in [0, 0.1) is 0 Å². The fourth-order valence-corrected chi connectivity index (χ4v) is 12.0. The Kier molecular flexibility index (Phi) is 67.1. The molecule has 3 N–H and O–H groups in total. The van der Waals surface area contributed by atoms with Gasteiger partial charge in [0.25, 0.3) is 0 Å². The maximum Gasteiger partial charge on any atom is 0.220 e. The van der Waals surface area contributed by atoms with E-state index in [0.29, 0.717) is 12.8 Å². The third kappa shape index (κ3) is 64.1. The van der Waals surface area contributed by atoms with Gasteiger partial charge in [-0.05, 0) is 12.8 Å². The van der Waals surface area contributed by atoms with Gasteiger partial charge in [0.2, 0.25) is 5.91 Å². The third-order valence-corrected chi connectivity index (χ3v) is 17.4. The van der Waals surface area contributed by atoms with E-state index in [2.05, 4.69) is 19.2 Å². The summed E-state index contributed by atoms with van der Waals surface area (Å²) in [5, 5.41) is 23.5. The van der Waals surface area contributed by atoms with Crippen molar-refractivity contribution in [3.05, 3.63) is 0 Å². The van der Waals surface area contributed by atoms with E-state index in [9.17, 15) is 15.0 Å². The van der Waals surface area contributed by atoms with Gasteiger partial charge in [0.1, 0.15) is 0 Å². The summed E-state index contributed by atoms with van der Waals surface area (Å²) < 4.78 is 0. The van der Waals surface area contributed by atoms with Crippen LogP contribution in [0.15, 0.2) is 0 Å². The molecule has 1 amide bonds. The van der Waals surface area contributed by atoms with Gasteiger partial charge < -0.3 is 15.5 Å². The first-order chi connectivity index (χ1) is 37.2. The van der Waals surface area contributed by atoms with Crippen LogP contribution in [0.25, 0.3) is 0 Å². The van der Waals surface area contributed by atoms with Gasteiger partial charge in [0.05, 0.1) is 18.8 Å². The summed E-state index contributed by atoms with van der Waals surface area (Å²) in [6.45, 7) is 4.42. The number of carbonyl (C=O) groups excluding carboxylic acids is 1. The van der Waals surface area contributed by atoms with Crippen LogP contribution in [0.2, 0.25) is 0 Å². The molecule has 0 aliphatic carbocycles. The lowest BCUT2D eigenvalue weighted by molar-refractivity contribution is -0.123. The predicted molar refractivity (Wildman–Crippen MR) is 336 cm³/mol. The first-order valence-corrected chi connectivity index (χ1v) is 35.7. The fraction of sp³-hybridized carbons (Fsp3) is 0.986. The molecule has 4 heteroatoms. The molecule has 2 atom stereocenters. The number of unbranched alkanes of at least 4 members (excludes halogenated alkanes) is 61. The van der Waals surface area contributed by atoms with E-state index in [0.717, 1.165) is 25.7 Å². The summed E-state index contributed by atoms with van der Waals surface area (Å²) in [6, 6.07) is -0.533. The van der Waals surface area contributed by atoms with Crippen LogP contribution in [-0.2, 0) is 4.79 Å². The van der Waals surface area contributed by atoms with Crippen molar-refractivity contribution in [3.63, 3.8) is 0 Å². The lowest BCUT2D eigenvalue weighted by Gasteiger charge is -2.22. The molecule has 0 heterocycles. The van der Waals surface area contributed by atoms with Crippen molar-refractivity contribution in [1.29, 1.82) is 0 Å². The lowest BCUT2D eigenvalue weighted by Crippen LogP contribution is -2.45. The average Bonchev–Trinajstić information content (AvgIpc) is 3.41. The Morgan fingerprint density at radius 2 is 0.427 bits per heavy atom. The summed E-state index contributed by atoms with van der Waals surface area (Å²) >= 11 is 0. The largest absolute Gasteiger partial charge is 0.394 e.